The second kappa shape index (κ2) is 7.44. The smallest absolute Gasteiger partial charge is 0.271 e. The Hall–Kier alpha value is -1.59. The molecule has 7 nitrogen and oxygen atoms in total. The highest BCUT2D eigenvalue weighted by Gasteiger charge is 2.30. The van der Waals surface area contributed by atoms with Crippen LogP contribution in [-0.2, 0) is 10.0 Å². The number of hydrogen-bond acceptors (Lipinski definition) is 5. The standard InChI is InChI=1S/C15H12BrCl2N5O2S2/c1-7(21-22-15(19)20)9-6-23(10-5-3-2-4-8(9)10)27(24,25)12-11(16)13(17)26-14(12)18/h2-6H,1H3,(H4,19,20,22). The highest BCUT2D eigenvalue weighted by Crippen LogP contribution is 2.44. The fourth-order valence-corrected chi connectivity index (χ4v) is 7.34. The van der Waals surface area contributed by atoms with Gasteiger partial charge in [0.2, 0.25) is 5.96 Å². The zero-order valence-electron chi connectivity index (χ0n) is 13.6. The van der Waals surface area contributed by atoms with Gasteiger partial charge >= 0.3 is 0 Å². The summed E-state index contributed by atoms with van der Waals surface area (Å²) in [6, 6.07) is 6.99. The molecule has 0 atom stereocenters. The molecule has 0 saturated heterocycles. The summed E-state index contributed by atoms with van der Waals surface area (Å²) in [6.07, 6.45) is 1.45. The fraction of sp³-hybridized carbons (Fsp3) is 0.0667. The van der Waals surface area contributed by atoms with E-state index in [1.807, 2.05) is 0 Å². The van der Waals surface area contributed by atoms with Gasteiger partial charge in [-0.2, -0.15) is 5.10 Å². The van der Waals surface area contributed by atoms with Gasteiger partial charge in [0.1, 0.15) is 13.6 Å². The minimum Gasteiger partial charge on any atom is -0.369 e. The molecule has 3 aromatic rings. The van der Waals surface area contributed by atoms with Crippen LogP contribution in [0.4, 0.5) is 0 Å². The number of rotatable bonds is 4. The number of benzene rings is 1. The number of para-hydroxylation sites is 1. The third kappa shape index (κ3) is 3.59. The first-order valence-corrected chi connectivity index (χ1v) is 11.1. The monoisotopic (exact) mass is 507 g/mol. The Labute approximate surface area is 177 Å². The molecule has 0 amide bonds. The molecule has 0 unspecified atom stereocenters. The second-order valence-electron chi connectivity index (χ2n) is 5.36. The van der Waals surface area contributed by atoms with Crippen molar-refractivity contribution in [1.82, 2.24) is 3.97 Å². The Morgan fingerprint density at radius 1 is 1.19 bits per heavy atom. The summed E-state index contributed by atoms with van der Waals surface area (Å²) in [5.41, 5.74) is 12.1. The minimum absolute atomic E-state index is 0.0668. The quantitative estimate of drug-likeness (QED) is 0.314. The average Bonchev–Trinajstić information content (AvgIpc) is 3.11. The van der Waals surface area contributed by atoms with E-state index >= 15 is 0 Å². The van der Waals surface area contributed by atoms with E-state index in [1.54, 1.807) is 31.2 Å². The van der Waals surface area contributed by atoms with Crippen LogP contribution in [0.15, 0.2) is 50.0 Å². The van der Waals surface area contributed by atoms with Gasteiger partial charge in [-0.25, -0.2) is 12.4 Å². The van der Waals surface area contributed by atoms with Gasteiger partial charge in [0.25, 0.3) is 10.0 Å². The van der Waals surface area contributed by atoms with Crippen LogP contribution in [0.5, 0.6) is 0 Å². The molecule has 0 fully saturated rings. The van der Waals surface area contributed by atoms with Crippen molar-refractivity contribution in [2.24, 2.45) is 21.7 Å². The largest absolute Gasteiger partial charge is 0.369 e. The highest BCUT2D eigenvalue weighted by molar-refractivity contribution is 9.10. The van der Waals surface area contributed by atoms with E-state index in [0.717, 1.165) is 15.3 Å². The summed E-state index contributed by atoms with van der Waals surface area (Å²) in [4.78, 5) is -0.0923. The van der Waals surface area contributed by atoms with E-state index in [1.165, 1.54) is 6.20 Å². The van der Waals surface area contributed by atoms with Gasteiger partial charge in [-0.05, 0) is 28.9 Å². The summed E-state index contributed by atoms with van der Waals surface area (Å²) in [5.74, 6) is -0.200. The molecule has 0 radical (unpaired) electrons. The summed E-state index contributed by atoms with van der Waals surface area (Å²) in [5, 5.41) is 8.24. The Balaban J connectivity index is 2.30. The molecule has 3 rings (SSSR count). The van der Waals surface area contributed by atoms with Crippen molar-refractivity contribution < 1.29 is 8.42 Å². The molecule has 27 heavy (non-hydrogen) atoms. The lowest BCUT2D eigenvalue weighted by Crippen LogP contribution is -2.22. The SMILES string of the molecule is CC(=NN=C(N)N)c1cn(S(=O)(=O)c2c(Cl)sc(Cl)c2Br)c2ccccc12. The van der Waals surface area contributed by atoms with Crippen LogP contribution < -0.4 is 11.5 Å². The molecule has 4 N–H and O–H groups in total. The minimum atomic E-state index is -4.03. The maximum Gasteiger partial charge on any atom is 0.271 e. The van der Waals surface area contributed by atoms with E-state index in [2.05, 4.69) is 26.1 Å². The van der Waals surface area contributed by atoms with E-state index in [4.69, 9.17) is 34.7 Å². The van der Waals surface area contributed by atoms with Gasteiger partial charge in [0.15, 0.2) is 0 Å². The summed E-state index contributed by atoms with van der Waals surface area (Å²) >= 11 is 16.3. The van der Waals surface area contributed by atoms with Crippen LogP contribution in [0.25, 0.3) is 10.9 Å². The van der Waals surface area contributed by atoms with Crippen LogP contribution in [0, 0.1) is 0 Å². The maximum absolute atomic E-state index is 13.3. The highest BCUT2D eigenvalue weighted by atomic mass is 79.9. The molecule has 2 heterocycles. The van der Waals surface area contributed by atoms with Crippen molar-refractivity contribution in [2.45, 2.75) is 11.8 Å². The molecule has 0 aliphatic carbocycles. The number of halogens is 3. The van der Waals surface area contributed by atoms with Crippen molar-refractivity contribution in [3.63, 3.8) is 0 Å². The summed E-state index contributed by atoms with van der Waals surface area (Å²) in [7, 11) is -4.03. The Bertz CT molecular complexity index is 1210. The van der Waals surface area contributed by atoms with Crippen molar-refractivity contribution in [3.8, 4) is 0 Å². The number of nitrogens with zero attached hydrogens (tertiary/aromatic N) is 3. The predicted octanol–water partition coefficient (Wildman–Crippen LogP) is 4.01. The van der Waals surface area contributed by atoms with Crippen molar-refractivity contribution >= 4 is 83.1 Å². The Morgan fingerprint density at radius 3 is 2.44 bits per heavy atom. The van der Waals surface area contributed by atoms with E-state index in [-0.39, 0.29) is 24.0 Å². The van der Waals surface area contributed by atoms with E-state index in [9.17, 15) is 8.42 Å². The predicted molar refractivity (Wildman–Crippen MR) is 115 cm³/mol. The lowest BCUT2D eigenvalue weighted by atomic mass is 10.1. The molecule has 0 saturated carbocycles. The molecule has 0 aliphatic heterocycles. The molecule has 0 spiro atoms. The lowest BCUT2D eigenvalue weighted by Gasteiger charge is -2.07. The number of fused-ring (bicyclic) bond motifs is 1. The fourth-order valence-electron chi connectivity index (χ4n) is 2.48. The van der Waals surface area contributed by atoms with Gasteiger partial charge in [-0.3, -0.25) is 0 Å². The molecule has 142 valence electrons. The topological polar surface area (TPSA) is 116 Å². The zero-order chi connectivity index (χ0) is 19.9. The first kappa shape index (κ1) is 20.2. The maximum atomic E-state index is 13.3. The molecular formula is C15H12BrCl2N5O2S2. The van der Waals surface area contributed by atoms with Gasteiger partial charge in [0, 0.05) is 17.1 Å². The van der Waals surface area contributed by atoms with Crippen LogP contribution in [-0.4, -0.2) is 24.1 Å². The van der Waals surface area contributed by atoms with Crippen LogP contribution in [0.3, 0.4) is 0 Å². The molecule has 1 aromatic carbocycles. The third-order valence-corrected chi connectivity index (χ3v) is 8.77. The van der Waals surface area contributed by atoms with E-state index < -0.39 is 10.0 Å². The number of guanidine groups is 1. The average molecular weight is 509 g/mol. The number of aromatic nitrogens is 1. The van der Waals surface area contributed by atoms with Crippen LogP contribution in [0.2, 0.25) is 8.67 Å². The molecule has 0 aliphatic rings. The van der Waals surface area contributed by atoms with Gasteiger partial charge in [-0.15, -0.1) is 16.4 Å². The lowest BCUT2D eigenvalue weighted by molar-refractivity contribution is 0.589. The Morgan fingerprint density at radius 2 is 1.85 bits per heavy atom. The first-order chi connectivity index (χ1) is 12.6. The van der Waals surface area contributed by atoms with Gasteiger partial charge in [0.05, 0.1) is 15.7 Å². The molecule has 2 aromatic heterocycles. The van der Waals surface area contributed by atoms with Gasteiger partial charge in [-0.1, -0.05) is 41.4 Å². The van der Waals surface area contributed by atoms with Crippen molar-refractivity contribution in [3.05, 3.63) is 49.2 Å². The second-order valence-corrected chi connectivity index (χ2v) is 10.1. The molecule has 12 heteroatoms. The van der Waals surface area contributed by atoms with Gasteiger partial charge < -0.3 is 11.5 Å². The normalized spacial score (nSPS) is 12.5. The zero-order valence-corrected chi connectivity index (χ0v) is 18.4. The third-order valence-electron chi connectivity index (χ3n) is 3.63. The number of nitrogens with two attached hydrogens (primary N) is 2. The van der Waals surface area contributed by atoms with Crippen LogP contribution in [0.1, 0.15) is 12.5 Å². The summed E-state index contributed by atoms with van der Waals surface area (Å²) < 4.78 is 28.3. The van der Waals surface area contributed by atoms with E-state index in [0.29, 0.717) is 22.2 Å². The van der Waals surface area contributed by atoms with Crippen molar-refractivity contribution in [2.75, 3.05) is 0 Å². The molecule has 0 bridgehead atoms. The van der Waals surface area contributed by atoms with Crippen molar-refractivity contribution in [1.29, 1.82) is 0 Å². The number of thiophene rings is 1. The first-order valence-electron chi connectivity index (χ1n) is 7.27. The van der Waals surface area contributed by atoms with Crippen LogP contribution >= 0.6 is 50.5 Å². The molecular weight excluding hydrogens is 497 g/mol. The Kier molecular flexibility index (Phi) is 5.55. The number of hydrogen-bond donors (Lipinski definition) is 2. The summed E-state index contributed by atoms with van der Waals surface area (Å²) in [6.45, 7) is 1.68.